The molecule has 0 spiro atoms. The van der Waals surface area contributed by atoms with Crippen LogP contribution in [-0.2, 0) is 9.71 Å². The number of amides is 1. The minimum absolute atomic E-state index is 0.221. The minimum Gasteiger partial charge on any atom is -0.355 e. The van der Waals surface area contributed by atoms with E-state index >= 15 is 0 Å². The molecular weight excluding hydrogens is 434 g/mol. The molecule has 2 heterocycles. The van der Waals surface area contributed by atoms with E-state index in [1.165, 1.54) is 18.0 Å². The van der Waals surface area contributed by atoms with Gasteiger partial charge in [-0.25, -0.2) is 18.5 Å². The first-order chi connectivity index (χ1) is 16.0. The summed E-state index contributed by atoms with van der Waals surface area (Å²) in [5.74, 6) is 0.333. The van der Waals surface area contributed by atoms with E-state index in [0.717, 1.165) is 11.1 Å². The van der Waals surface area contributed by atoms with Crippen molar-refractivity contribution in [2.75, 3.05) is 38.1 Å². The number of hydrogen-bond donors (Lipinski definition) is 1. The molecule has 33 heavy (non-hydrogen) atoms. The average molecular weight is 462 g/mol. The molecular formula is C25H27N5O2S. The van der Waals surface area contributed by atoms with Gasteiger partial charge in [0, 0.05) is 45.6 Å². The molecule has 1 unspecified atom stereocenters. The van der Waals surface area contributed by atoms with Crippen LogP contribution in [0.2, 0.25) is 0 Å². The van der Waals surface area contributed by atoms with Crippen LogP contribution in [0.3, 0.4) is 0 Å². The highest BCUT2D eigenvalue weighted by Gasteiger charge is 2.26. The SMILES string of the molecule is C=C=S(=O)(c1ccc(-c2ccccc2C)cc1)N1CCN(c2ncc(C(=O)NC)cn2)CC1. The molecule has 0 aliphatic carbocycles. The van der Waals surface area contributed by atoms with Gasteiger partial charge < -0.3 is 10.2 Å². The second kappa shape index (κ2) is 9.58. The fraction of sp³-hybridized carbons (Fsp3) is 0.240. The molecule has 1 atom stereocenters. The maximum absolute atomic E-state index is 13.9. The Morgan fingerprint density at radius 2 is 1.67 bits per heavy atom. The predicted molar refractivity (Wildman–Crippen MR) is 133 cm³/mol. The van der Waals surface area contributed by atoms with E-state index in [-0.39, 0.29) is 5.91 Å². The zero-order valence-corrected chi connectivity index (χ0v) is 19.6. The summed E-state index contributed by atoms with van der Waals surface area (Å²) in [7, 11) is -1.12. The number of aryl methyl sites for hydroxylation is 1. The molecule has 1 N–H and O–H groups in total. The summed E-state index contributed by atoms with van der Waals surface area (Å²) < 4.78 is 15.8. The average Bonchev–Trinajstić information content (AvgIpc) is 2.88. The number of aromatic nitrogens is 2. The molecule has 1 saturated heterocycles. The van der Waals surface area contributed by atoms with Crippen LogP contribution < -0.4 is 10.2 Å². The van der Waals surface area contributed by atoms with Gasteiger partial charge in [0.15, 0.2) is 0 Å². The molecule has 170 valence electrons. The van der Waals surface area contributed by atoms with Gasteiger partial charge >= 0.3 is 0 Å². The van der Waals surface area contributed by atoms with Gasteiger partial charge in [0.2, 0.25) is 5.95 Å². The number of benzene rings is 2. The van der Waals surface area contributed by atoms with Gasteiger partial charge in [0.1, 0.15) is 9.71 Å². The van der Waals surface area contributed by atoms with Crippen LogP contribution in [0, 0.1) is 6.92 Å². The number of carbonyl (C=O) groups excluding carboxylic acids is 1. The fourth-order valence-electron chi connectivity index (χ4n) is 3.93. The maximum atomic E-state index is 13.9. The molecule has 1 aromatic heterocycles. The van der Waals surface area contributed by atoms with Gasteiger partial charge in [-0.2, -0.15) is 0 Å². The largest absolute Gasteiger partial charge is 0.355 e. The number of anilines is 1. The molecule has 0 bridgehead atoms. The van der Waals surface area contributed by atoms with E-state index in [1.54, 1.807) is 7.05 Å². The number of piperazine rings is 1. The van der Waals surface area contributed by atoms with Crippen LogP contribution in [0.1, 0.15) is 15.9 Å². The van der Waals surface area contributed by atoms with E-state index in [1.807, 2.05) is 45.6 Å². The molecule has 7 nitrogen and oxygen atoms in total. The smallest absolute Gasteiger partial charge is 0.254 e. The topological polar surface area (TPSA) is 78.4 Å². The Hall–Kier alpha value is -3.45. The van der Waals surface area contributed by atoms with Gasteiger partial charge in [-0.15, -0.1) is 0 Å². The molecule has 1 aliphatic rings. The number of nitrogens with one attached hydrogen (secondary N) is 1. The number of carbonyl (C=O) groups is 1. The molecule has 0 saturated carbocycles. The van der Waals surface area contributed by atoms with Crippen LogP contribution in [0.5, 0.6) is 0 Å². The quantitative estimate of drug-likeness (QED) is 0.591. The van der Waals surface area contributed by atoms with Crippen molar-refractivity contribution in [1.82, 2.24) is 19.6 Å². The standard InChI is InChI=1S/C25H27N5O2S/c1-4-33(32,22-11-9-20(10-12-22)23-8-6-5-7-19(23)2)30-15-13-29(14-16-30)25-27-17-21(18-28-25)24(31)26-3/h5-12,17-18H,1,13-16H2,2-3H3,(H,26,31). The molecule has 1 amide bonds. The summed E-state index contributed by atoms with van der Waals surface area (Å²) in [6, 6.07) is 16.0. The fourth-order valence-corrected chi connectivity index (χ4v) is 5.76. The summed E-state index contributed by atoms with van der Waals surface area (Å²) in [6.07, 6.45) is 3.04. The second-order valence-corrected chi connectivity index (χ2v) is 10.1. The highest BCUT2D eigenvalue weighted by Crippen LogP contribution is 2.26. The Morgan fingerprint density at radius 1 is 1.03 bits per heavy atom. The first kappa shape index (κ1) is 22.7. The number of hydrogen-bond acceptors (Lipinski definition) is 5. The van der Waals surface area contributed by atoms with Crippen molar-refractivity contribution in [2.24, 2.45) is 0 Å². The third-order valence-electron chi connectivity index (χ3n) is 5.84. The molecule has 4 rings (SSSR count). The molecule has 1 aliphatic heterocycles. The molecule has 1 fully saturated rings. The third-order valence-corrected chi connectivity index (χ3v) is 8.23. The molecule has 0 radical (unpaired) electrons. The van der Waals surface area contributed by atoms with E-state index in [0.29, 0.717) is 42.6 Å². The van der Waals surface area contributed by atoms with E-state index < -0.39 is 9.71 Å². The lowest BCUT2D eigenvalue weighted by Gasteiger charge is -2.35. The number of nitrogens with zero attached hydrogens (tertiary/aromatic N) is 4. The summed E-state index contributed by atoms with van der Waals surface area (Å²) in [5, 5.41) is 5.38. The van der Waals surface area contributed by atoms with Gasteiger partial charge in [-0.3, -0.25) is 4.79 Å². The Morgan fingerprint density at radius 3 is 2.24 bits per heavy atom. The van der Waals surface area contributed by atoms with Crippen LogP contribution in [-0.4, -0.2) is 62.6 Å². The Kier molecular flexibility index (Phi) is 6.60. The molecule has 3 aromatic rings. The molecule has 8 heteroatoms. The maximum Gasteiger partial charge on any atom is 0.254 e. The summed E-state index contributed by atoms with van der Waals surface area (Å²) in [6.45, 7) is 8.19. The van der Waals surface area contributed by atoms with E-state index in [4.69, 9.17) is 0 Å². The third kappa shape index (κ3) is 4.54. The van der Waals surface area contributed by atoms with Gasteiger partial charge in [-0.1, -0.05) is 36.4 Å². The highest BCUT2D eigenvalue weighted by atomic mass is 32.2. The lowest BCUT2D eigenvalue weighted by molar-refractivity contribution is 0.0962. The van der Waals surface area contributed by atoms with Crippen LogP contribution in [0.4, 0.5) is 5.95 Å². The minimum atomic E-state index is -2.69. The van der Waals surface area contributed by atoms with Crippen molar-refractivity contribution < 1.29 is 9.00 Å². The van der Waals surface area contributed by atoms with Crippen molar-refractivity contribution in [3.63, 3.8) is 0 Å². The van der Waals surface area contributed by atoms with Crippen molar-refractivity contribution in [2.45, 2.75) is 11.8 Å². The Balaban J connectivity index is 1.49. The van der Waals surface area contributed by atoms with Crippen molar-refractivity contribution in [3.8, 4) is 11.1 Å². The number of rotatable bonds is 5. The van der Waals surface area contributed by atoms with Crippen molar-refractivity contribution >= 4 is 26.6 Å². The predicted octanol–water partition coefficient (Wildman–Crippen LogP) is 2.78. The van der Waals surface area contributed by atoms with Crippen LogP contribution >= 0.6 is 0 Å². The second-order valence-electron chi connectivity index (χ2n) is 7.78. The first-order valence-electron chi connectivity index (χ1n) is 10.7. The van der Waals surface area contributed by atoms with Gasteiger partial charge in [0.05, 0.1) is 10.5 Å². The Bertz CT molecular complexity index is 1280. The first-order valence-corrected chi connectivity index (χ1v) is 12.3. The van der Waals surface area contributed by atoms with Crippen LogP contribution in [0.25, 0.3) is 11.1 Å². The zero-order chi connectivity index (χ0) is 23.4. The molecule has 2 aromatic carbocycles. The van der Waals surface area contributed by atoms with Gasteiger partial charge in [-0.05, 0) is 47.3 Å². The lowest BCUT2D eigenvalue weighted by Crippen LogP contribution is -2.49. The van der Waals surface area contributed by atoms with E-state index in [9.17, 15) is 9.00 Å². The normalized spacial score (nSPS) is 16.0. The summed E-state index contributed by atoms with van der Waals surface area (Å²) in [4.78, 5) is 23.0. The van der Waals surface area contributed by atoms with E-state index in [2.05, 4.69) is 45.9 Å². The Labute approximate surface area is 194 Å². The summed E-state index contributed by atoms with van der Waals surface area (Å²) >= 11 is 0. The van der Waals surface area contributed by atoms with Crippen LogP contribution in [0.15, 0.2) is 72.4 Å². The summed E-state index contributed by atoms with van der Waals surface area (Å²) in [5.41, 5.74) is 3.86. The monoisotopic (exact) mass is 461 g/mol. The van der Waals surface area contributed by atoms with Gasteiger partial charge in [0.25, 0.3) is 5.91 Å². The van der Waals surface area contributed by atoms with Crippen molar-refractivity contribution in [1.29, 1.82) is 0 Å². The lowest BCUT2D eigenvalue weighted by atomic mass is 10.0. The highest BCUT2D eigenvalue weighted by molar-refractivity contribution is 7.98. The van der Waals surface area contributed by atoms with Crippen molar-refractivity contribution in [3.05, 3.63) is 78.6 Å². The zero-order valence-electron chi connectivity index (χ0n) is 18.8.